The van der Waals surface area contributed by atoms with Crippen LogP contribution in [0.3, 0.4) is 0 Å². The molecule has 1 aliphatic carbocycles. The molecule has 9 nitrogen and oxygen atoms in total. The smallest absolute Gasteiger partial charge is 0.333 e. The molecular weight excluding hydrogens is 612 g/mol. The second-order valence-corrected chi connectivity index (χ2v) is 11.6. The first-order valence-electron chi connectivity index (χ1n) is 16.9. The molecule has 0 aliphatic heterocycles. The summed E-state index contributed by atoms with van der Waals surface area (Å²) in [5.74, 6) is -0.0749. The van der Waals surface area contributed by atoms with Crippen molar-refractivity contribution in [3.8, 4) is 11.5 Å². The van der Waals surface area contributed by atoms with E-state index in [1.54, 1.807) is 30.3 Å². The molecule has 0 unspecified atom stereocenters. The van der Waals surface area contributed by atoms with E-state index in [-0.39, 0.29) is 30.5 Å². The highest BCUT2D eigenvalue weighted by Crippen LogP contribution is 2.21. The Morgan fingerprint density at radius 3 is 1.92 bits per heavy atom. The summed E-state index contributed by atoms with van der Waals surface area (Å²) in [5.41, 5.74) is 1.57. The van der Waals surface area contributed by atoms with Crippen molar-refractivity contribution >= 4 is 29.8 Å². The van der Waals surface area contributed by atoms with Gasteiger partial charge in [0.2, 0.25) is 0 Å². The van der Waals surface area contributed by atoms with Crippen LogP contribution in [0.1, 0.15) is 93.0 Å². The van der Waals surface area contributed by atoms with Gasteiger partial charge in [-0.05, 0) is 112 Å². The normalized spacial score (nSPS) is 13.0. The molecule has 0 radical (unpaired) electrons. The van der Waals surface area contributed by atoms with Crippen molar-refractivity contribution in [2.24, 2.45) is 0 Å². The maximum Gasteiger partial charge on any atom is 0.333 e. The molecule has 1 fully saturated rings. The zero-order valence-electron chi connectivity index (χ0n) is 27.8. The average molecular weight is 661 g/mol. The average Bonchev–Trinajstić information content (AvgIpc) is 3.10. The third kappa shape index (κ3) is 15.3. The van der Waals surface area contributed by atoms with Crippen molar-refractivity contribution in [2.75, 3.05) is 26.4 Å². The number of carbonyl (C=O) groups excluding carboxylic acids is 4. The molecule has 2 aromatic rings. The molecule has 0 heterocycles. The van der Waals surface area contributed by atoms with Crippen molar-refractivity contribution in [1.29, 1.82) is 0 Å². The van der Waals surface area contributed by atoms with Crippen molar-refractivity contribution in [3.63, 3.8) is 0 Å². The minimum absolute atomic E-state index is 0.0386. The van der Waals surface area contributed by atoms with Gasteiger partial charge in [0.25, 0.3) is 0 Å². The third-order valence-corrected chi connectivity index (χ3v) is 7.70. The highest BCUT2D eigenvalue weighted by Gasteiger charge is 2.20. The van der Waals surface area contributed by atoms with Crippen LogP contribution in [-0.4, -0.2) is 56.2 Å². The van der Waals surface area contributed by atoms with Crippen LogP contribution in [0.4, 0.5) is 0 Å². The van der Waals surface area contributed by atoms with Gasteiger partial charge in [0.05, 0.1) is 32.8 Å². The van der Waals surface area contributed by atoms with Crippen molar-refractivity contribution in [3.05, 3.63) is 90.5 Å². The van der Waals surface area contributed by atoms with Crippen LogP contribution in [0.15, 0.2) is 79.4 Å². The summed E-state index contributed by atoms with van der Waals surface area (Å²) in [7, 11) is 0. The highest BCUT2D eigenvalue weighted by molar-refractivity contribution is 6.06. The summed E-state index contributed by atoms with van der Waals surface area (Å²) in [5, 5.41) is 0. The van der Waals surface area contributed by atoms with Crippen molar-refractivity contribution in [2.45, 2.75) is 83.2 Å². The van der Waals surface area contributed by atoms with Gasteiger partial charge in [0, 0.05) is 17.2 Å². The molecule has 0 bridgehead atoms. The fourth-order valence-electron chi connectivity index (χ4n) is 4.96. The van der Waals surface area contributed by atoms with Crippen LogP contribution in [0, 0.1) is 0 Å². The van der Waals surface area contributed by atoms with Gasteiger partial charge < -0.3 is 23.7 Å². The predicted octanol–water partition coefficient (Wildman–Crippen LogP) is 7.78. The molecule has 0 atom stereocenters. The van der Waals surface area contributed by atoms with Gasteiger partial charge in [-0.3, -0.25) is 9.59 Å². The molecular formula is C39H48O9. The van der Waals surface area contributed by atoms with E-state index in [9.17, 15) is 19.2 Å². The molecule has 3 rings (SSSR count). The molecule has 9 heteroatoms. The molecule has 1 saturated carbocycles. The quantitative estimate of drug-likeness (QED) is 0.0411. The molecule has 0 amide bonds. The Kier molecular flexibility index (Phi) is 17.3. The van der Waals surface area contributed by atoms with Crippen LogP contribution in [0.5, 0.6) is 11.5 Å². The molecule has 0 aromatic heterocycles. The topological polar surface area (TPSA) is 114 Å². The van der Waals surface area contributed by atoms with Gasteiger partial charge in [-0.15, -0.1) is 0 Å². The zero-order valence-corrected chi connectivity index (χ0v) is 27.8. The van der Waals surface area contributed by atoms with E-state index in [0.29, 0.717) is 37.6 Å². The number of rotatable bonds is 22. The van der Waals surface area contributed by atoms with E-state index in [4.69, 9.17) is 23.7 Å². The van der Waals surface area contributed by atoms with E-state index >= 15 is 0 Å². The molecule has 0 spiro atoms. The Hall–Kier alpha value is -4.66. The first kappa shape index (κ1) is 37.8. The maximum absolute atomic E-state index is 12.6. The number of benzene rings is 2. The minimum atomic E-state index is -0.545. The molecule has 48 heavy (non-hydrogen) atoms. The molecule has 2 aromatic carbocycles. The van der Waals surface area contributed by atoms with Gasteiger partial charge >= 0.3 is 17.9 Å². The van der Waals surface area contributed by atoms with Crippen LogP contribution in [-0.2, 0) is 28.6 Å². The fraction of sp³-hybridized carbons (Fsp3) is 0.436. The number of ketones is 1. The Labute approximate surface area is 283 Å². The standard InChI is InChI=1S/C39H48O9/c1-3-37(41)46-27-12-11-26-45-34-22-18-32(19-23-34)36(40)24-17-31-15-20-33(21-16-31)44-25-9-4-5-10-28-47-39(43)30(2)29-38(42)48-35-13-7-6-8-14-35/h3,15-24,35H,1-2,4-14,25-29H2/b24-17+. The second kappa shape index (κ2) is 22.0. The van der Waals surface area contributed by atoms with Gasteiger partial charge in [-0.25, -0.2) is 9.59 Å². The first-order valence-corrected chi connectivity index (χ1v) is 16.9. The highest BCUT2D eigenvalue weighted by atomic mass is 16.5. The van der Waals surface area contributed by atoms with Gasteiger partial charge in [-0.1, -0.05) is 37.8 Å². The summed E-state index contributed by atoms with van der Waals surface area (Å²) in [6.07, 6.45) is 14.2. The third-order valence-electron chi connectivity index (χ3n) is 7.70. The lowest BCUT2D eigenvalue weighted by atomic mass is 9.98. The van der Waals surface area contributed by atoms with Crippen LogP contribution < -0.4 is 9.47 Å². The van der Waals surface area contributed by atoms with Crippen molar-refractivity contribution < 1.29 is 42.9 Å². The number of ether oxygens (including phenoxy) is 5. The van der Waals surface area contributed by atoms with E-state index in [1.807, 2.05) is 24.3 Å². The van der Waals surface area contributed by atoms with E-state index in [1.165, 1.54) is 12.5 Å². The number of carbonyl (C=O) groups is 4. The number of unbranched alkanes of at least 4 members (excludes halogenated alkanes) is 4. The summed E-state index contributed by atoms with van der Waals surface area (Å²) in [6.45, 7) is 8.70. The van der Waals surface area contributed by atoms with Gasteiger partial charge in [0.1, 0.15) is 17.6 Å². The van der Waals surface area contributed by atoms with E-state index in [0.717, 1.165) is 75.2 Å². The number of hydrogen-bond donors (Lipinski definition) is 0. The minimum Gasteiger partial charge on any atom is -0.494 e. The van der Waals surface area contributed by atoms with Crippen molar-refractivity contribution in [1.82, 2.24) is 0 Å². The summed E-state index contributed by atoms with van der Waals surface area (Å²) in [6, 6.07) is 14.5. The van der Waals surface area contributed by atoms with Crippen LogP contribution in [0.2, 0.25) is 0 Å². The molecule has 1 aliphatic rings. The predicted molar refractivity (Wildman–Crippen MR) is 184 cm³/mol. The van der Waals surface area contributed by atoms with Gasteiger partial charge in [-0.2, -0.15) is 0 Å². The Balaban J connectivity index is 1.22. The zero-order chi connectivity index (χ0) is 34.4. The maximum atomic E-state index is 12.6. The Morgan fingerprint density at radius 1 is 0.708 bits per heavy atom. The first-order chi connectivity index (χ1) is 23.3. The largest absolute Gasteiger partial charge is 0.494 e. The van der Waals surface area contributed by atoms with Crippen LogP contribution in [0.25, 0.3) is 6.08 Å². The lowest BCUT2D eigenvalue weighted by Gasteiger charge is -2.21. The Morgan fingerprint density at radius 2 is 1.27 bits per heavy atom. The summed E-state index contributed by atoms with van der Waals surface area (Å²) >= 11 is 0. The molecule has 0 saturated heterocycles. The molecule has 258 valence electrons. The molecule has 0 N–H and O–H groups in total. The summed E-state index contributed by atoms with van der Waals surface area (Å²) in [4.78, 5) is 47.8. The van der Waals surface area contributed by atoms with Gasteiger partial charge in [0.15, 0.2) is 5.78 Å². The van der Waals surface area contributed by atoms with E-state index < -0.39 is 17.9 Å². The van der Waals surface area contributed by atoms with E-state index in [2.05, 4.69) is 13.2 Å². The second-order valence-electron chi connectivity index (χ2n) is 11.6. The summed E-state index contributed by atoms with van der Waals surface area (Å²) < 4.78 is 27.1. The SMILES string of the molecule is C=CC(=O)OCCCCOc1ccc(C(=O)/C=C/c2ccc(OCCCCCCOC(=O)C(=C)CC(=O)OC3CCCCC3)cc2)cc1. The Bertz CT molecular complexity index is 1350. The monoisotopic (exact) mass is 660 g/mol. The lowest BCUT2D eigenvalue weighted by molar-refractivity contribution is -0.151. The lowest BCUT2D eigenvalue weighted by Crippen LogP contribution is -2.22. The fourth-order valence-corrected chi connectivity index (χ4v) is 4.96. The number of allylic oxidation sites excluding steroid dienone is 1. The van der Waals surface area contributed by atoms with Crippen LogP contribution >= 0.6 is 0 Å². The number of esters is 3. The number of hydrogen-bond acceptors (Lipinski definition) is 9.